The van der Waals surface area contributed by atoms with Crippen LogP contribution in [0.2, 0.25) is 0 Å². The van der Waals surface area contributed by atoms with Gasteiger partial charge in [-0.3, -0.25) is 0 Å². The maximum Gasteiger partial charge on any atom is 0.122 e. The SMILES string of the molecule is COc1ccc(C)cc1CSCc1ncc[nH]1. The van der Waals surface area contributed by atoms with Gasteiger partial charge in [0.1, 0.15) is 11.6 Å². The van der Waals surface area contributed by atoms with E-state index in [1.165, 1.54) is 11.1 Å². The molecule has 0 aliphatic rings. The first-order valence-electron chi connectivity index (χ1n) is 5.49. The van der Waals surface area contributed by atoms with Crippen LogP contribution in [0.5, 0.6) is 5.75 Å². The second-order valence-corrected chi connectivity index (χ2v) is 4.83. The van der Waals surface area contributed by atoms with Gasteiger partial charge < -0.3 is 9.72 Å². The van der Waals surface area contributed by atoms with Crippen LogP contribution < -0.4 is 4.74 Å². The highest BCUT2D eigenvalue weighted by molar-refractivity contribution is 7.97. The summed E-state index contributed by atoms with van der Waals surface area (Å²) in [4.78, 5) is 7.30. The van der Waals surface area contributed by atoms with Crippen molar-refractivity contribution < 1.29 is 4.74 Å². The number of aryl methyl sites for hydroxylation is 1. The standard InChI is InChI=1S/C13H16N2OS/c1-10-3-4-12(16-2)11(7-10)8-17-9-13-14-5-6-15-13/h3-7H,8-9H2,1-2H3,(H,14,15). The van der Waals surface area contributed by atoms with Crippen molar-refractivity contribution in [2.75, 3.05) is 7.11 Å². The first-order chi connectivity index (χ1) is 8.29. The topological polar surface area (TPSA) is 37.9 Å². The molecule has 2 rings (SSSR count). The highest BCUT2D eigenvalue weighted by atomic mass is 32.2. The van der Waals surface area contributed by atoms with E-state index in [4.69, 9.17) is 4.74 Å². The predicted octanol–water partition coefficient (Wildman–Crippen LogP) is 3.16. The van der Waals surface area contributed by atoms with Crippen molar-refractivity contribution in [3.8, 4) is 5.75 Å². The zero-order valence-electron chi connectivity index (χ0n) is 10.1. The van der Waals surface area contributed by atoms with E-state index in [0.29, 0.717) is 0 Å². The van der Waals surface area contributed by atoms with Gasteiger partial charge in [0, 0.05) is 23.7 Å². The Kier molecular flexibility index (Phi) is 4.09. The molecule has 0 unspecified atom stereocenters. The number of H-pyrrole nitrogens is 1. The first-order valence-corrected chi connectivity index (χ1v) is 6.64. The second kappa shape index (κ2) is 5.77. The van der Waals surface area contributed by atoms with Crippen LogP contribution in [0.3, 0.4) is 0 Å². The lowest BCUT2D eigenvalue weighted by Crippen LogP contribution is -1.92. The second-order valence-electron chi connectivity index (χ2n) is 3.84. The molecule has 1 N–H and O–H groups in total. The average molecular weight is 248 g/mol. The number of hydrogen-bond acceptors (Lipinski definition) is 3. The number of methoxy groups -OCH3 is 1. The van der Waals surface area contributed by atoms with Crippen molar-refractivity contribution in [2.45, 2.75) is 18.4 Å². The molecule has 1 aromatic carbocycles. The van der Waals surface area contributed by atoms with Crippen LogP contribution in [0.15, 0.2) is 30.6 Å². The van der Waals surface area contributed by atoms with Crippen molar-refractivity contribution in [1.29, 1.82) is 0 Å². The molecule has 17 heavy (non-hydrogen) atoms. The molecule has 4 heteroatoms. The van der Waals surface area contributed by atoms with Crippen LogP contribution in [-0.4, -0.2) is 17.1 Å². The molecule has 0 saturated carbocycles. The Hall–Kier alpha value is -1.42. The fourth-order valence-electron chi connectivity index (χ4n) is 1.65. The number of nitrogens with zero attached hydrogens (tertiary/aromatic N) is 1. The summed E-state index contributed by atoms with van der Waals surface area (Å²) >= 11 is 1.83. The van der Waals surface area contributed by atoms with Crippen molar-refractivity contribution in [2.24, 2.45) is 0 Å². The zero-order chi connectivity index (χ0) is 12.1. The van der Waals surface area contributed by atoms with Crippen LogP contribution in [0.4, 0.5) is 0 Å². The Balaban J connectivity index is 1.96. The molecule has 0 atom stereocenters. The number of imidazole rings is 1. The number of benzene rings is 1. The lowest BCUT2D eigenvalue weighted by Gasteiger charge is -2.08. The summed E-state index contributed by atoms with van der Waals surface area (Å²) in [7, 11) is 1.71. The number of aromatic amines is 1. The summed E-state index contributed by atoms with van der Waals surface area (Å²) in [6.07, 6.45) is 3.63. The molecule has 2 aromatic rings. The lowest BCUT2D eigenvalue weighted by atomic mass is 10.1. The minimum absolute atomic E-state index is 0.893. The summed E-state index contributed by atoms with van der Waals surface area (Å²) in [5.41, 5.74) is 2.50. The number of rotatable bonds is 5. The third-order valence-electron chi connectivity index (χ3n) is 2.49. The molecule has 0 radical (unpaired) electrons. The van der Waals surface area contributed by atoms with Crippen LogP contribution in [0.25, 0.3) is 0 Å². The molecule has 90 valence electrons. The monoisotopic (exact) mass is 248 g/mol. The van der Waals surface area contributed by atoms with E-state index in [-0.39, 0.29) is 0 Å². The maximum absolute atomic E-state index is 5.35. The van der Waals surface area contributed by atoms with Gasteiger partial charge in [-0.2, -0.15) is 0 Å². The van der Waals surface area contributed by atoms with E-state index < -0.39 is 0 Å². The molecule has 0 bridgehead atoms. The van der Waals surface area contributed by atoms with Gasteiger partial charge in [0.25, 0.3) is 0 Å². The van der Waals surface area contributed by atoms with Crippen molar-refractivity contribution in [3.63, 3.8) is 0 Å². The molecule has 0 amide bonds. The molecule has 1 aromatic heterocycles. The minimum atomic E-state index is 0.893. The molecule has 1 heterocycles. The largest absolute Gasteiger partial charge is 0.496 e. The normalized spacial score (nSPS) is 10.5. The van der Waals surface area contributed by atoms with Crippen LogP contribution in [0.1, 0.15) is 17.0 Å². The van der Waals surface area contributed by atoms with Crippen molar-refractivity contribution >= 4 is 11.8 Å². The summed E-state index contributed by atoms with van der Waals surface area (Å²) in [5, 5.41) is 0. The van der Waals surface area contributed by atoms with E-state index in [2.05, 4.69) is 29.0 Å². The van der Waals surface area contributed by atoms with Crippen molar-refractivity contribution in [1.82, 2.24) is 9.97 Å². The molecule has 0 spiro atoms. The highest BCUT2D eigenvalue weighted by Gasteiger charge is 2.04. The number of nitrogens with one attached hydrogen (secondary N) is 1. The quantitative estimate of drug-likeness (QED) is 0.883. The Labute approximate surface area is 106 Å². The number of ether oxygens (including phenoxy) is 1. The Morgan fingerprint density at radius 3 is 2.94 bits per heavy atom. The summed E-state index contributed by atoms with van der Waals surface area (Å²) in [6, 6.07) is 6.27. The molecule has 0 aliphatic carbocycles. The van der Waals surface area contributed by atoms with E-state index in [9.17, 15) is 0 Å². The van der Waals surface area contributed by atoms with Crippen LogP contribution in [-0.2, 0) is 11.5 Å². The van der Waals surface area contributed by atoms with E-state index in [1.807, 2.05) is 24.0 Å². The zero-order valence-corrected chi connectivity index (χ0v) is 10.9. The Bertz CT molecular complexity index is 468. The van der Waals surface area contributed by atoms with Gasteiger partial charge in [-0.25, -0.2) is 4.98 Å². The fraction of sp³-hybridized carbons (Fsp3) is 0.308. The highest BCUT2D eigenvalue weighted by Crippen LogP contribution is 2.25. The molecule has 0 fully saturated rings. The van der Waals surface area contributed by atoms with E-state index in [0.717, 1.165) is 23.1 Å². The molecular weight excluding hydrogens is 232 g/mol. The fourth-order valence-corrected chi connectivity index (χ4v) is 2.55. The van der Waals surface area contributed by atoms with Crippen LogP contribution >= 0.6 is 11.8 Å². The predicted molar refractivity (Wildman–Crippen MR) is 71.3 cm³/mol. The number of thioether (sulfide) groups is 1. The van der Waals surface area contributed by atoms with Gasteiger partial charge in [0.2, 0.25) is 0 Å². The first kappa shape index (κ1) is 12.0. The summed E-state index contributed by atoms with van der Waals surface area (Å²) in [5.74, 6) is 3.81. The molecule has 3 nitrogen and oxygen atoms in total. The van der Waals surface area contributed by atoms with Crippen molar-refractivity contribution in [3.05, 3.63) is 47.5 Å². The Morgan fingerprint density at radius 1 is 1.35 bits per heavy atom. The molecule has 0 aliphatic heterocycles. The van der Waals surface area contributed by atoms with Gasteiger partial charge in [-0.1, -0.05) is 17.7 Å². The van der Waals surface area contributed by atoms with Gasteiger partial charge in [-0.05, 0) is 13.0 Å². The summed E-state index contributed by atoms with van der Waals surface area (Å²) < 4.78 is 5.35. The van der Waals surface area contributed by atoms with Crippen LogP contribution in [0, 0.1) is 6.92 Å². The smallest absolute Gasteiger partial charge is 0.122 e. The lowest BCUT2D eigenvalue weighted by molar-refractivity contribution is 0.411. The van der Waals surface area contributed by atoms with Gasteiger partial charge in [0.15, 0.2) is 0 Å². The third-order valence-corrected chi connectivity index (χ3v) is 3.48. The number of aromatic nitrogens is 2. The van der Waals surface area contributed by atoms with E-state index >= 15 is 0 Å². The average Bonchev–Trinajstić information content (AvgIpc) is 2.82. The minimum Gasteiger partial charge on any atom is -0.496 e. The van der Waals surface area contributed by atoms with Gasteiger partial charge >= 0.3 is 0 Å². The van der Waals surface area contributed by atoms with Gasteiger partial charge in [0.05, 0.1) is 12.9 Å². The Morgan fingerprint density at radius 2 is 2.24 bits per heavy atom. The van der Waals surface area contributed by atoms with E-state index in [1.54, 1.807) is 13.3 Å². The van der Waals surface area contributed by atoms with Gasteiger partial charge in [-0.15, -0.1) is 11.8 Å². The third kappa shape index (κ3) is 3.27. The molecular formula is C13H16N2OS. The maximum atomic E-state index is 5.35. The molecule has 0 saturated heterocycles. The summed E-state index contributed by atoms with van der Waals surface area (Å²) in [6.45, 7) is 2.10. The number of hydrogen-bond donors (Lipinski definition) is 1.